The van der Waals surface area contributed by atoms with E-state index >= 15 is 0 Å². The van der Waals surface area contributed by atoms with Crippen LogP contribution in [-0.4, -0.2) is 44.8 Å². The lowest BCUT2D eigenvalue weighted by atomic mass is 10.2. The van der Waals surface area contributed by atoms with E-state index in [-0.39, 0.29) is 10.8 Å². The largest absolute Gasteiger partial charge is 0.370 e. The number of carbonyl (C=O) groups excluding carboxylic acids is 1. The van der Waals surface area contributed by atoms with Gasteiger partial charge in [0.1, 0.15) is 0 Å². The van der Waals surface area contributed by atoms with Crippen LogP contribution < -0.4 is 10.2 Å². The summed E-state index contributed by atoms with van der Waals surface area (Å²) in [6.45, 7) is 2.93. The van der Waals surface area contributed by atoms with Crippen LogP contribution in [0.25, 0.3) is 0 Å². The molecule has 1 amide bonds. The molecule has 1 N–H and O–H groups in total. The van der Waals surface area contributed by atoms with Crippen molar-refractivity contribution in [2.75, 3.05) is 36.4 Å². The summed E-state index contributed by atoms with van der Waals surface area (Å²) >= 11 is 6.17. The number of piperidine rings is 1. The van der Waals surface area contributed by atoms with E-state index in [9.17, 15) is 13.2 Å². The second kappa shape index (κ2) is 8.96. The molecule has 0 aromatic heterocycles. The third-order valence-corrected chi connectivity index (χ3v) is 7.83. The highest BCUT2D eigenvalue weighted by molar-refractivity contribution is 7.89. The quantitative estimate of drug-likeness (QED) is 0.739. The van der Waals surface area contributed by atoms with Gasteiger partial charge in [0.2, 0.25) is 10.0 Å². The van der Waals surface area contributed by atoms with Crippen molar-refractivity contribution in [3.63, 3.8) is 0 Å². The second-order valence-corrected chi connectivity index (χ2v) is 10.2. The zero-order valence-electron chi connectivity index (χ0n) is 16.8. The van der Waals surface area contributed by atoms with Gasteiger partial charge in [0.05, 0.1) is 16.3 Å². The molecule has 2 saturated heterocycles. The molecule has 2 heterocycles. The molecular formula is C22H26ClN3O3S. The predicted octanol–water partition coefficient (Wildman–Crippen LogP) is 4.37. The smallest absolute Gasteiger partial charge is 0.255 e. The molecule has 8 heteroatoms. The first-order valence-electron chi connectivity index (χ1n) is 10.4. The molecule has 0 radical (unpaired) electrons. The molecule has 0 unspecified atom stereocenters. The first kappa shape index (κ1) is 21.2. The molecule has 160 valence electrons. The maximum absolute atomic E-state index is 13.0. The van der Waals surface area contributed by atoms with Crippen LogP contribution in [-0.2, 0) is 10.0 Å². The van der Waals surface area contributed by atoms with Crippen molar-refractivity contribution in [2.45, 2.75) is 37.0 Å². The highest BCUT2D eigenvalue weighted by Gasteiger charge is 2.26. The summed E-state index contributed by atoms with van der Waals surface area (Å²) in [6, 6.07) is 11.7. The van der Waals surface area contributed by atoms with Gasteiger partial charge in [0.15, 0.2) is 0 Å². The fraction of sp³-hybridized carbons (Fsp3) is 0.409. The molecular weight excluding hydrogens is 422 g/mol. The molecule has 0 bridgehead atoms. The number of rotatable bonds is 5. The van der Waals surface area contributed by atoms with E-state index in [0.29, 0.717) is 29.4 Å². The minimum Gasteiger partial charge on any atom is -0.370 e. The fourth-order valence-corrected chi connectivity index (χ4v) is 5.82. The first-order chi connectivity index (χ1) is 14.4. The van der Waals surface area contributed by atoms with E-state index in [2.05, 4.69) is 10.2 Å². The number of hydrogen-bond donors (Lipinski definition) is 1. The van der Waals surface area contributed by atoms with Crippen LogP contribution >= 0.6 is 11.6 Å². The average molecular weight is 448 g/mol. The lowest BCUT2D eigenvalue weighted by Crippen LogP contribution is -2.35. The number of anilines is 2. The minimum absolute atomic E-state index is 0.155. The van der Waals surface area contributed by atoms with E-state index in [4.69, 9.17) is 11.6 Å². The number of hydrogen-bond acceptors (Lipinski definition) is 4. The Morgan fingerprint density at radius 2 is 1.60 bits per heavy atom. The van der Waals surface area contributed by atoms with Crippen molar-refractivity contribution in [1.82, 2.24) is 4.31 Å². The van der Waals surface area contributed by atoms with Gasteiger partial charge in [-0.1, -0.05) is 24.1 Å². The van der Waals surface area contributed by atoms with Gasteiger partial charge in [0, 0.05) is 36.8 Å². The highest BCUT2D eigenvalue weighted by atomic mass is 35.5. The van der Waals surface area contributed by atoms with Gasteiger partial charge in [-0.2, -0.15) is 4.31 Å². The van der Waals surface area contributed by atoms with Crippen LogP contribution in [0.2, 0.25) is 5.02 Å². The molecule has 0 aliphatic carbocycles. The Balaban J connectivity index is 1.58. The molecule has 2 aromatic rings. The number of nitrogens with zero attached hydrogens (tertiary/aromatic N) is 2. The van der Waals surface area contributed by atoms with Crippen molar-refractivity contribution in [3.05, 3.63) is 53.1 Å². The molecule has 30 heavy (non-hydrogen) atoms. The van der Waals surface area contributed by atoms with Crippen LogP contribution in [0.15, 0.2) is 47.4 Å². The average Bonchev–Trinajstić information content (AvgIpc) is 3.29. The van der Waals surface area contributed by atoms with E-state index in [1.54, 1.807) is 24.3 Å². The van der Waals surface area contributed by atoms with Crippen LogP contribution in [0, 0.1) is 0 Å². The van der Waals surface area contributed by atoms with Gasteiger partial charge >= 0.3 is 0 Å². The van der Waals surface area contributed by atoms with E-state index in [1.165, 1.54) is 10.4 Å². The van der Waals surface area contributed by atoms with Gasteiger partial charge in [0.25, 0.3) is 5.91 Å². The Morgan fingerprint density at radius 1 is 0.900 bits per heavy atom. The first-order valence-corrected chi connectivity index (χ1v) is 12.2. The van der Waals surface area contributed by atoms with Gasteiger partial charge < -0.3 is 10.2 Å². The summed E-state index contributed by atoms with van der Waals surface area (Å²) < 4.78 is 27.4. The summed E-state index contributed by atoms with van der Waals surface area (Å²) in [4.78, 5) is 15.3. The third-order valence-electron chi connectivity index (χ3n) is 5.70. The Bertz CT molecular complexity index is 1030. The zero-order chi connectivity index (χ0) is 21.1. The van der Waals surface area contributed by atoms with Crippen molar-refractivity contribution in [3.8, 4) is 0 Å². The number of nitrogens with one attached hydrogen (secondary N) is 1. The number of carbonyl (C=O) groups is 1. The summed E-state index contributed by atoms with van der Waals surface area (Å²) in [7, 11) is -3.59. The SMILES string of the molecule is O=C(Nc1cc(Cl)ccc1N1CCCC1)c1cccc(S(=O)(=O)N2CCCCC2)c1. The fourth-order valence-electron chi connectivity index (χ4n) is 4.09. The Hall–Kier alpha value is -2.09. The number of benzene rings is 2. The summed E-state index contributed by atoms with van der Waals surface area (Å²) in [5.74, 6) is -0.353. The zero-order valence-corrected chi connectivity index (χ0v) is 18.4. The summed E-state index contributed by atoms with van der Waals surface area (Å²) in [5.41, 5.74) is 1.88. The molecule has 2 aliphatic rings. The molecule has 4 rings (SSSR count). The van der Waals surface area contributed by atoms with Crippen LogP contribution in [0.4, 0.5) is 11.4 Å². The molecule has 0 atom stereocenters. The maximum Gasteiger partial charge on any atom is 0.255 e. The molecule has 2 aliphatic heterocycles. The molecule has 2 aromatic carbocycles. The molecule has 0 saturated carbocycles. The molecule has 0 spiro atoms. The van der Waals surface area contributed by atoms with Crippen LogP contribution in [0.5, 0.6) is 0 Å². The molecule has 2 fully saturated rings. The Labute approximate surface area is 182 Å². The van der Waals surface area contributed by atoms with Gasteiger partial charge in [-0.05, 0) is 62.1 Å². The topological polar surface area (TPSA) is 69.7 Å². The standard InChI is InChI=1S/C22H26ClN3O3S/c23-18-9-10-21(25-11-4-5-12-25)20(16-18)24-22(27)17-7-6-8-19(15-17)30(28,29)26-13-2-1-3-14-26/h6-10,15-16H,1-5,11-14H2,(H,24,27). The number of sulfonamides is 1. The highest BCUT2D eigenvalue weighted by Crippen LogP contribution is 2.32. The summed E-state index contributed by atoms with van der Waals surface area (Å²) in [5, 5.41) is 3.47. The maximum atomic E-state index is 13.0. The van der Waals surface area contributed by atoms with Crippen molar-refractivity contribution in [1.29, 1.82) is 0 Å². The van der Waals surface area contributed by atoms with Crippen molar-refractivity contribution in [2.24, 2.45) is 0 Å². The van der Waals surface area contributed by atoms with Gasteiger partial charge in [-0.15, -0.1) is 0 Å². The second-order valence-electron chi connectivity index (χ2n) is 7.80. The van der Waals surface area contributed by atoms with Crippen molar-refractivity contribution >= 4 is 38.9 Å². The Morgan fingerprint density at radius 3 is 2.33 bits per heavy atom. The van der Waals surface area contributed by atoms with E-state index < -0.39 is 10.0 Å². The molecule has 6 nitrogen and oxygen atoms in total. The summed E-state index contributed by atoms with van der Waals surface area (Å²) in [6.07, 6.45) is 5.02. The predicted molar refractivity (Wildman–Crippen MR) is 120 cm³/mol. The van der Waals surface area contributed by atoms with E-state index in [0.717, 1.165) is 50.9 Å². The lowest BCUT2D eigenvalue weighted by molar-refractivity contribution is 0.102. The van der Waals surface area contributed by atoms with E-state index in [1.807, 2.05) is 12.1 Å². The van der Waals surface area contributed by atoms with Gasteiger partial charge in [-0.25, -0.2) is 8.42 Å². The minimum atomic E-state index is -3.59. The van der Waals surface area contributed by atoms with Crippen molar-refractivity contribution < 1.29 is 13.2 Å². The Kier molecular flexibility index (Phi) is 6.32. The number of halogens is 1. The van der Waals surface area contributed by atoms with Crippen LogP contribution in [0.3, 0.4) is 0 Å². The van der Waals surface area contributed by atoms with Crippen LogP contribution in [0.1, 0.15) is 42.5 Å². The van der Waals surface area contributed by atoms with Gasteiger partial charge in [-0.3, -0.25) is 4.79 Å². The number of amides is 1. The lowest BCUT2D eigenvalue weighted by Gasteiger charge is -2.26. The normalized spacial score (nSPS) is 17.8. The monoisotopic (exact) mass is 447 g/mol. The third kappa shape index (κ3) is 4.48.